The molecule has 8 atom stereocenters. The Morgan fingerprint density at radius 2 is 1.17 bits per heavy atom. The second-order valence-electron chi connectivity index (χ2n) is 8.38. The van der Waals surface area contributed by atoms with Gasteiger partial charge < -0.3 is 0 Å². The number of rotatable bonds is 12. The highest BCUT2D eigenvalue weighted by Gasteiger charge is 2.42. The maximum atomic E-state index is 12.1. The van der Waals surface area contributed by atoms with E-state index in [0.717, 1.165) is 48.8 Å². The van der Waals surface area contributed by atoms with Crippen molar-refractivity contribution >= 4 is 39.4 Å². The first-order chi connectivity index (χ1) is 13.8. The fourth-order valence-corrected chi connectivity index (χ4v) is 9.05. The minimum absolute atomic E-state index is 0.342. The second-order valence-corrected chi connectivity index (χ2v) is 13.7. The summed E-state index contributed by atoms with van der Waals surface area (Å²) in [7, 11) is -8.34. The van der Waals surface area contributed by atoms with Crippen molar-refractivity contribution in [2.45, 2.75) is 61.9 Å². The highest BCUT2D eigenvalue weighted by Crippen LogP contribution is 2.52. The van der Waals surface area contributed by atoms with E-state index in [1.165, 1.54) is 38.5 Å². The third-order valence-electron chi connectivity index (χ3n) is 6.31. The van der Waals surface area contributed by atoms with Gasteiger partial charge in [-0.25, -0.2) is 15.3 Å². The van der Waals surface area contributed by atoms with Crippen LogP contribution >= 0.6 is 39.4 Å². The number of hydrogen-bond acceptors (Lipinski definition) is 9. The molecule has 0 aromatic carbocycles. The number of nitrogens with two attached hydrogens (primary N) is 2. The van der Waals surface area contributed by atoms with Crippen molar-refractivity contribution < 1.29 is 32.1 Å². The smallest absolute Gasteiger partial charge is 0.253 e. The van der Waals surface area contributed by atoms with Crippen LogP contribution in [0.15, 0.2) is 0 Å². The van der Waals surface area contributed by atoms with Gasteiger partial charge in [0.15, 0.2) is 0 Å². The summed E-state index contributed by atoms with van der Waals surface area (Å²) >= 11 is 2.32. The molecule has 4 rings (SSSR count). The molecule has 6 N–H and O–H groups in total. The topological polar surface area (TPSA) is 156 Å². The van der Waals surface area contributed by atoms with Crippen molar-refractivity contribution in [1.82, 2.24) is 10.5 Å². The standard InChI is InChI=1S/C14H28N4O7P2S2/c15-26(19,17-21-23-28-13-7-9-1-3-11(13)5-9)25-27(16,20)18-22-24-29-14-8-10-2-4-12(14)6-10/h9-14H,1-8H2,(H3,15,17,19)(H3,16,18,20). The molecule has 29 heavy (non-hydrogen) atoms. The van der Waals surface area contributed by atoms with Crippen LogP contribution in [0.1, 0.15) is 51.4 Å². The zero-order valence-electron chi connectivity index (χ0n) is 15.8. The SMILES string of the molecule is NP(=O)(NOOSC1CC2CCC1C2)OP(N)(=O)NOOSC1CC2CCC1C2. The van der Waals surface area contributed by atoms with Crippen LogP contribution in [-0.2, 0) is 32.1 Å². The van der Waals surface area contributed by atoms with Crippen LogP contribution in [0.25, 0.3) is 0 Å². The Morgan fingerprint density at radius 1 is 0.724 bits per heavy atom. The predicted molar refractivity (Wildman–Crippen MR) is 109 cm³/mol. The van der Waals surface area contributed by atoms with Crippen LogP contribution in [0, 0.1) is 23.7 Å². The molecule has 0 spiro atoms. The van der Waals surface area contributed by atoms with Crippen molar-refractivity contribution in [2.75, 3.05) is 0 Å². The Hall–Kier alpha value is 0.800. The molecule has 15 heteroatoms. The van der Waals surface area contributed by atoms with Crippen molar-refractivity contribution in [1.29, 1.82) is 0 Å². The van der Waals surface area contributed by atoms with Crippen LogP contribution in [0.4, 0.5) is 0 Å². The first-order valence-corrected chi connectivity index (χ1v) is 14.8. The molecule has 0 aromatic heterocycles. The molecule has 0 radical (unpaired) electrons. The molecule has 4 saturated carbocycles. The summed E-state index contributed by atoms with van der Waals surface area (Å²) in [5, 5.41) is 4.51. The first kappa shape index (κ1) is 23.0. The van der Waals surface area contributed by atoms with E-state index in [1.54, 1.807) is 0 Å². The number of nitrogens with one attached hydrogen (secondary N) is 2. The molecule has 11 nitrogen and oxygen atoms in total. The van der Waals surface area contributed by atoms with Gasteiger partial charge in [-0.2, -0.15) is 0 Å². The van der Waals surface area contributed by atoms with Gasteiger partial charge in [-0.3, -0.25) is 9.13 Å². The average Bonchev–Trinajstić information content (AvgIpc) is 3.42. The molecular formula is C14H28N4O7P2S2. The van der Waals surface area contributed by atoms with Gasteiger partial charge in [0.25, 0.3) is 0 Å². The highest BCUT2D eigenvalue weighted by atomic mass is 32.2. The summed E-state index contributed by atoms with van der Waals surface area (Å²) in [5.41, 5.74) is 10.8. The second kappa shape index (κ2) is 9.74. The molecular weight excluding hydrogens is 462 g/mol. The lowest BCUT2D eigenvalue weighted by atomic mass is 10.0. The summed E-state index contributed by atoms with van der Waals surface area (Å²) in [4.78, 5) is 9.31. The van der Waals surface area contributed by atoms with Crippen LogP contribution in [0.3, 0.4) is 0 Å². The van der Waals surface area contributed by atoms with E-state index in [-0.39, 0.29) is 0 Å². The predicted octanol–water partition coefficient (Wildman–Crippen LogP) is 3.72. The zero-order valence-corrected chi connectivity index (χ0v) is 19.3. The van der Waals surface area contributed by atoms with Gasteiger partial charge in [-0.1, -0.05) is 23.3 Å². The van der Waals surface area contributed by atoms with Crippen LogP contribution < -0.4 is 21.5 Å². The van der Waals surface area contributed by atoms with Gasteiger partial charge in [0.2, 0.25) is 0 Å². The first-order valence-electron chi connectivity index (χ1n) is 9.81. The Bertz CT molecular complexity index is 626. The number of hydrogen-bond donors (Lipinski definition) is 4. The lowest BCUT2D eigenvalue weighted by Crippen LogP contribution is -2.24. The maximum Gasteiger partial charge on any atom is 0.370 e. The largest absolute Gasteiger partial charge is 0.370 e. The molecule has 4 bridgehead atoms. The fraction of sp³-hybridized carbons (Fsp3) is 1.00. The lowest BCUT2D eigenvalue weighted by Gasteiger charge is -2.21. The molecule has 0 amide bonds. The van der Waals surface area contributed by atoms with Crippen LogP contribution in [-0.4, -0.2) is 10.5 Å². The molecule has 8 unspecified atom stereocenters. The van der Waals surface area contributed by atoms with E-state index < -0.39 is 15.3 Å². The number of fused-ring (bicyclic) bond motifs is 4. The van der Waals surface area contributed by atoms with Crippen molar-refractivity contribution in [3.8, 4) is 0 Å². The van der Waals surface area contributed by atoms with E-state index >= 15 is 0 Å². The Kier molecular flexibility index (Phi) is 7.72. The van der Waals surface area contributed by atoms with Crippen molar-refractivity contribution in [3.63, 3.8) is 0 Å². The Morgan fingerprint density at radius 3 is 1.52 bits per heavy atom. The van der Waals surface area contributed by atoms with Gasteiger partial charge in [0.05, 0.1) is 0 Å². The molecule has 4 fully saturated rings. The molecule has 0 saturated heterocycles. The molecule has 4 aliphatic rings. The van der Waals surface area contributed by atoms with Gasteiger partial charge in [0.1, 0.15) is 0 Å². The van der Waals surface area contributed by atoms with E-state index in [9.17, 15) is 9.13 Å². The lowest BCUT2D eigenvalue weighted by molar-refractivity contribution is -0.224. The zero-order chi connectivity index (χ0) is 20.5. The van der Waals surface area contributed by atoms with Crippen LogP contribution in [0.5, 0.6) is 0 Å². The summed E-state index contributed by atoms with van der Waals surface area (Å²) in [6, 6.07) is 0. The van der Waals surface area contributed by atoms with Gasteiger partial charge in [-0.05, 0) is 62.2 Å². The Balaban J connectivity index is 1.08. The Labute approximate surface area is 178 Å². The average molecular weight is 490 g/mol. The van der Waals surface area contributed by atoms with Gasteiger partial charge in [-0.15, -0.1) is 18.6 Å². The fourth-order valence-electron chi connectivity index (χ4n) is 5.10. The summed E-state index contributed by atoms with van der Waals surface area (Å²) in [6.07, 6.45) is 9.54. The summed E-state index contributed by atoms with van der Waals surface area (Å²) in [5.74, 6) is 2.77. The third-order valence-corrected chi connectivity index (χ3v) is 10.9. The van der Waals surface area contributed by atoms with Gasteiger partial charge >= 0.3 is 15.3 Å². The molecule has 0 aromatic rings. The summed E-state index contributed by atoms with van der Waals surface area (Å²) in [6.45, 7) is 0. The molecule has 4 aliphatic carbocycles. The third kappa shape index (κ3) is 6.41. The molecule has 0 heterocycles. The van der Waals surface area contributed by atoms with Crippen molar-refractivity contribution in [3.05, 3.63) is 0 Å². The normalized spacial score (nSPS) is 39.7. The minimum Gasteiger partial charge on any atom is -0.253 e. The molecule has 168 valence electrons. The van der Waals surface area contributed by atoms with E-state index in [2.05, 4.69) is 14.3 Å². The van der Waals surface area contributed by atoms with Crippen LogP contribution in [0.2, 0.25) is 0 Å². The van der Waals surface area contributed by atoms with Crippen molar-refractivity contribution in [2.24, 2.45) is 34.7 Å². The summed E-state index contributed by atoms with van der Waals surface area (Å²) < 4.78 is 38.8. The quantitative estimate of drug-likeness (QED) is 0.103. The van der Waals surface area contributed by atoms with E-state index in [0.29, 0.717) is 22.3 Å². The monoisotopic (exact) mass is 490 g/mol. The minimum atomic E-state index is -4.17. The van der Waals surface area contributed by atoms with Gasteiger partial charge in [0, 0.05) is 34.6 Å². The van der Waals surface area contributed by atoms with E-state index in [4.69, 9.17) is 19.7 Å². The molecule has 0 aliphatic heterocycles. The highest BCUT2D eigenvalue weighted by molar-refractivity contribution is 7.95. The van der Waals surface area contributed by atoms with E-state index in [1.807, 2.05) is 10.5 Å². The maximum absolute atomic E-state index is 12.1.